The summed E-state index contributed by atoms with van der Waals surface area (Å²) in [5, 5.41) is 9.19. The van der Waals surface area contributed by atoms with Crippen LogP contribution in [0.3, 0.4) is 0 Å². The summed E-state index contributed by atoms with van der Waals surface area (Å²) >= 11 is 0. The van der Waals surface area contributed by atoms with Crippen LogP contribution >= 0.6 is 0 Å². The topological polar surface area (TPSA) is 32.3 Å². The van der Waals surface area contributed by atoms with Crippen molar-refractivity contribution in [3.63, 3.8) is 0 Å². The molecule has 0 bridgehead atoms. The van der Waals surface area contributed by atoms with Gasteiger partial charge in [-0.3, -0.25) is 4.98 Å². The van der Waals surface area contributed by atoms with Crippen molar-refractivity contribution in [2.75, 3.05) is 9.80 Å². The highest BCUT2D eigenvalue weighted by atomic mass is 15.1. The summed E-state index contributed by atoms with van der Waals surface area (Å²) in [7, 11) is 0. The third kappa shape index (κ3) is 5.23. The van der Waals surface area contributed by atoms with E-state index in [1.807, 2.05) is 13.1 Å². The molecule has 0 saturated heterocycles. The van der Waals surface area contributed by atoms with E-state index in [9.17, 15) is 0 Å². The molecule has 53 heavy (non-hydrogen) atoms. The van der Waals surface area contributed by atoms with Crippen LogP contribution in [0.15, 0.2) is 188 Å². The zero-order valence-electron chi connectivity index (χ0n) is 29.2. The minimum absolute atomic E-state index is 0.895. The first-order chi connectivity index (χ1) is 26.2. The van der Waals surface area contributed by atoms with Crippen molar-refractivity contribution in [2.24, 2.45) is 0 Å². The maximum Gasteiger partial charge on any atom is 0.0974 e. The zero-order chi connectivity index (χ0) is 35.3. The van der Waals surface area contributed by atoms with E-state index in [0.717, 1.165) is 72.4 Å². The predicted octanol–water partition coefficient (Wildman–Crippen LogP) is 13.5. The Balaban J connectivity index is 1.27. The van der Waals surface area contributed by atoms with Crippen LogP contribution in [0.4, 0.5) is 34.1 Å². The molecule has 0 unspecified atom stereocenters. The van der Waals surface area contributed by atoms with Crippen molar-refractivity contribution in [3.8, 4) is 0 Å². The summed E-state index contributed by atoms with van der Waals surface area (Å²) in [5.74, 6) is 0. The first-order valence-electron chi connectivity index (χ1n) is 18.0. The Labute approximate surface area is 307 Å². The van der Waals surface area contributed by atoms with Gasteiger partial charge in [0.05, 0.1) is 28.1 Å². The first-order valence-corrected chi connectivity index (χ1v) is 18.0. The summed E-state index contributed by atoms with van der Waals surface area (Å²) in [6.45, 7) is 2.01. The molecule has 9 aromatic carbocycles. The third-order valence-electron chi connectivity index (χ3n) is 10.3. The second kappa shape index (κ2) is 12.6. The van der Waals surface area contributed by atoms with Crippen molar-refractivity contribution in [1.82, 2.24) is 9.97 Å². The molecule has 0 aliphatic heterocycles. The molecule has 0 N–H and O–H groups in total. The van der Waals surface area contributed by atoms with Crippen LogP contribution in [0.25, 0.3) is 54.1 Å². The van der Waals surface area contributed by atoms with Crippen molar-refractivity contribution in [1.29, 1.82) is 0 Å². The van der Waals surface area contributed by atoms with Crippen LogP contribution in [0, 0.1) is 6.92 Å². The molecule has 1 heterocycles. The summed E-state index contributed by atoms with van der Waals surface area (Å²) in [5.41, 5.74) is 9.29. The molecular weight excluding hydrogens is 645 g/mol. The van der Waals surface area contributed by atoms with Gasteiger partial charge in [0.2, 0.25) is 0 Å². The number of nitrogens with zero attached hydrogens (tertiary/aromatic N) is 4. The fourth-order valence-corrected chi connectivity index (χ4v) is 7.88. The summed E-state index contributed by atoms with van der Waals surface area (Å²) in [4.78, 5) is 14.8. The Morgan fingerprint density at radius 1 is 0.358 bits per heavy atom. The van der Waals surface area contributed by atoms with E-state index in [1.165, 1.54) is 21.5 Å². The first kappa shape index (κ1) is 30.8. The molecule has 0 radical (unpaired) electrons. The number of anilines is 6. The Hall–Kier alpha value is -7.04. The van der Waals surface area contributed by atoms with E-state index in [4.69, 9.17) is 9.97 Å². The molecule has 0 saturated carbocycles. The van der Waals surface area contributed by atoms with Gasteiger partial charge in [-0.15, -0.1) is 0 Å². The molecule has 0 aliphatic rings. The number of hydrogen-bond acceptors (Lipinski definition) is 4. The monoisotopic (exact) mass is 678 g/mol. The standard InChI is InChI=1S/C49H34N4/c1-33-32-50-48-42-28-26-38(52(36-18-4-2-5-19-36)46-24-12-16-34-14-8-10-22-40(34)46)30-44(42)45-31-39(27-29-43(45)49(48)51-33)53(37-20-6-3-7-21-37)47-25-13-17-35-15-9-11-23-41(35)47/h2-32H,1H3. The SMILES string of the molecule is Cc1cnc2c3ccc(N(c4ccccc4)c4cccc5ccccc45)cc3c3cc(N(c4ccccc4)c4cccc5ccccc45)ccc3c2n1. The van der Waals surface area contributed by atoms with Gasteiger partial charge in [0.25, 0.3) is 0 Å². The quantitative estimate of drug-likeness (QED) is 0.164. The van der Waals surface area contributed by atoms with Gasteiger partial charge >= 0.3 is 0 Å². The fourth-order valence-electron chi connectivity index (χ4n) is 7.88. The number of para-hydroxylation sites is 2. The summed E-state index contributed by atoms with van der Waals surface area (Å²) in [6, 6.07) is 65.1. The number of fused-ring (bicyclic) bond motifs is 8. The molecule has 10 rings (SSSR count). The van der Waals surface area contributed by atoms with Gasteiger partial charge in [0.15, 0.2) is 0 Å². The van der Waals surface area contributed by atoms with Crippen LogP contribution in [-0.4, -0.2) is 9.97 Å². The van der Waals surface area contributed by atoms with Crippen molar-refractivity contribution >= 4 is 88.2 Å². The Morgan fingerprint density at radius 3 is 1.34 bits per heavy atom. The van der Waals surface area contributed by atoms with Crippen LogP contribution < -0.4 is 9.80 Å². The van der Waals surface area contributed by atoms with Crippen LogP contribution in [0.5, 0.6) is 0 Å². The van der Waals surface area contributed by atoms with Gasteiger partial charge in [-0.1, -0.05) is 121 Å². The molecule has 0 aliphatic carbocycles. The van der Waals surface area contributed by atoms with Gasteiger partial charge in [-0.05, 0) is 89.1 Å². The molecule has 0 fully saturated rings. The number of aromatic nitrogens is 2. The molecule has 10 aromatic rings. The molecule has 0 spiro atoms. The highest BCUT2D eigenvalue weighted by Gasteiger charge is 2.20. The minimum Gasteiger partial charge on any atom is -0.310 e. The minimum atomic E-state index is 0.895. The highest BCUT2D eigenvalue weighted by molar-refractivity contribution is 6.24. The Morgan fingerprint density at radius 2 is 0.811 bits per heavy atom. The van der Waals surface area contributed by atoms with Gasteiger partial charge in [-0.25, -0.2) is 4.98 Å². The van der Waals surface area contributed by atoms with E-state index in [2.05, 4.69) is 192 Å². The zero-order valence-corrected chi connectivity index (χ0v) is 29.2. The van der Waals surface area contributed by atoms with Gasteiger partial charge in [0, 0.05) is 50.5 Å². The average Bonchev–Trinajstić information content (AvgIpc) is 3.22. The maximum absolute atomic E-state index is 5.09. The van der Waals surface area contributed by atoms with Gasteiger partial charge in [0.1, 0.15) is 0 Å². The lowest BCUT2D eigenvalue weighted by Gasteiger charge is -2.28. The summed E-state index contributed by atoms with van der Waals surface area (Å²) in [6.07, 6.45) is 1.87. The lowest BCUT2D eigenvalue weighted by atomic mass is 9.97. The lowest BCUT2D eigenvalue weighted by molar-refractivity contribution is 1.19. The second-order valence-electron chi connectivity index (χ2n) is 13.5. The van der Waals surface area contributed by atoms with E-state index < -0.39 is 0 Å². The van der Waals surface area contributed by atoms with Gasteiger partial charge < -0.3 is 9.80 Å². The number of rotatable bonds is 6. The van der Waals surface area contributed by atoms with Crippen molar-refractivity contribution in [3.05, 3.63) is 194 Å². The summed E-state index contributed by atoms with van der Waals surface area (Å²) < 4.78 is 0. The Bertz CT molecular complexity index is 2960. The van der Waals surface area contributed by atoms with Gasteiger partial charge in [-0.2, -0.15) is 0 Å². The van der Waals surface area contributed by atoms with E-state index in [1.54, 1.807) is 0 Å². The smallest absolute Gasteiger partial charge is 0.0974 e. The average molecular weight is 679 g/mol. The Kier molecular flexibility index (Phi) is 7.33. The third-order valence-corrected chi connectivity index (χ3v) is 10.3. The van der Waals surface area contributed by atoms with Crippen LogP contribution in [0.2, 0.25) is 0 Å². The van der Waals surface area contributed by atoms with E-state index in [0.29, 0.717) is 0 Å². The van der Waals surface area contributed by atoms with Crippen LogP contribution in [0.1, 0.15) is 5.69 Å². The van der Waals surface area contributed by atoms with Crippen molar-refractivity contribution < 1.29 is 0 Å². The van der Waals surface area contributed by atoms with E-state index >= 15 is 0 Å². The predicted molar refractivity (Wildman–Crippen MR) is 224 cm³/mol. The normalized spacial score (nSPS) is 11.5. The molecule has 4 heteroatoms. The second-order valence-corrected chi connectivity index (χ2v) is 13.5. The fraction of sp³-hybridized carbons (Fsp3) is 0.0204. The number of benzene rings is 9. The molecule has 4 nitrogen and oxygen atoms in total. The molecule has 0 atom stereocenters. The molecular formula is C49H34N4. The number of aryl methyl sites for hydroxylation is 1. The number of hydrogen-bond donors (Lipinski definition) is 0. The largest absolute Gasteiger partial charge is 0.310 e. The lowest BCUT2D eigenvalue weighted by Crippen LogP contribution is -2.11. The van der Waals surface area contributed by atoms with Crippen molar-refractivity contribution in [2.45, 2.75) is 6.92 Å². The molecule has 0 amide bonds. The highest BCUT2D eigenvalue weighted by Crippen LogP contribution is 2.45. The molecule has 250 valence electrons. The van der Waals surface area contributed by atoms with Crippen LogP contribution in [-0.2, 0) is 0 Å². The maximum atomic E-state index is 5.09. The van der Waals surface area contributed by atoms with E-state index in [-0.39, 0.29) is 0 Å². The molecule has 1 aromatic heterocycles.